The highest BCUT2D eigenvalue weighted by Crippen LogP contribution is 2.03. The predicted molar refractivity (Wildman–Crippen MR) is 72.3 cm³/mol. The molecular formula is C13H20O5S. The summed E-state index contributed by atoms with van der Waals surface area (Å²) in [6.07, 6.45) is 0.629. The molecule has 1 unspecified atom stereocenters. The summed E-state index contributed by atoms with van der Waals surface area (Å²) in [4.78, 5) is 0. The average Bonchev–Trinajstić information content (AvgIpc) is 2.36. The third-order valence-corrected chi connectivity index (χ3v) is 2.85. The van der Waals surface area contributed by atoms with E-state index in [9.17, 15) is 8.42 Å². The summed E-state index contributed by atoms with van der Waals surface area (Å²) in [5.41, 5.74) is 1.06. The smallest absolute Gasteiger partial charge is 0.264 e. The van der Waals surface area contributed by atoms with Crippen LogP contribution >= 0.6 is 0 Å². The lowest BCUT2D eigenvalue weighted by Gasteiger charge is -2.16. The molecule has 0 spiro atoms. The summed E-state index contributed by atoms with van der Waals surface area (Å²) in [5.74, 6) is 0. The van der Waals surface area contributed by atoms with Crippen LogP contribution in [-0.4, -0.2) is 40.6 Å². The summed E-state index contributed by atoms with van der Waals surface area (Å²) >= 11 is 0. The maximum atomic E-state index is 10.9. The summed E-state index contributed by atoms with van der Waals surface area (Å²) in [6.45, 7) is 3.04. The van der Waals surface area contributed by atoms with Crippen molar-refractivity contribution in [2.45, 2.75) is 19.6 Å². The lowest BCUT2D eigenvalue weighted by Crippen LogP contribution is -2.27. The molecule has 0 heterocycles. The van der Waals surface area contributed by atoms with Crippen molar-refractivity contribution in [1.82, 2.24) is 0 Å². The van der Waals surface area contributed by atoms with E-state index in [1.807, 2.05) is 37.3 Å². The van der Waals surface area contributed by atoms with Crippen molar-refractivity contribution in [1.29, 1.82) is 0 Å². The van der Waals surface area contributed by atoms with E-state index in [4.69, 9.17) is 13.7 Å². The lowest BCUT2D eigenvalue weighted by atomic mass is 10.2. The van der Waals surface area contributed by atoms with Gasteiger partial charge in [-0.2, -0.15) is 8.42 Å². The first-order valence-electron chi connectivity index (χ1n) is 6.09. The van der Waals surface area contributed by atoms with Crippen molar-refractivity contribution < 1.29 is 22.1 Å². The molecule has 0 saturated carbocycles. The summed E-state index contributed by atoms with van der Waals surface area (Å²) < 4.78 is 37.4. The zero-order valence-electron chi connectivity index (χ0n) is 11.2. The molecule has 0 saturated heterocycles. The summed E-state index contributed by atoms with van der Waals surface area (Å²) in [7, 11) is -3.45. The van der Waals surface area contributed by atoms with Gasteiger partial charge in [0.05, 0.1) is 26.1 Å². The molecule has 0 amide bonds. The second-order valence-electron chi connectivity index (χ2n) is 4.07. The Labute approximate surface area is 114 Å². The summed E-state index contributed by atoms with van der Waals surface area (Å²) in [6, 6.07) is 9.73. The molecule has 0 fully saturated rings. The molecule has 1 aromatic carbocycles. The van der Waals surface area contributed by atoms with Crippen molar-refractivity contribution in [3.05, 3.63) is 35.9 Å². The van der Waals surface area contributed by atoms with Gasteiger partial charge in [-0.05, 0) is 12.5 Å². The molecule has 0 aliphatic carbocycles. The van der Waals surface area contributed by atoms with Gasteiger partial charge in [-0.3, -0.25) is 4.18 Å². The highest BCUT2D eigenvalue weighted by Gasteiger charge is 2.13. The van der Waals surface area contributed by atoms with Gasteiger partial charge >= 0.3 is 0 Å². The SMILES string of the molecule is CCOC(COCc1ccccc1)COS(C)(=O)=O. The largest absolute Gasteiger partial charge is 0.374 e. The van der Waals surface area contributed by atoms with Crippen LogP contribution in [0.15, 0.2) is 30.3 Å². The molecule has 1 rings (SSSR count). The van der Waals surface area contributed by atoms with E-state index in [1.165, 1.54) is 0 Å². The highest BCUT2D eigenvalue weighted by molar-refractivity contribution is 7.85. The Kier molecular flexibility index (Phi) is 7.01. The Bertz CT molecular complexity index is 443. The highest BCUT2D eigenvalue weighted by atomic mass is 32.2. The van der Waals surface area contributed by atoms with Gasteiger partial charge < -0.3 is 9.47 Å². The maximum absolute atomic E-state index is 10.9. The topological polar surface area (TPSA) is 61.8 Å². The number of hydrogen-bond acceptors (Lipinski definition) is 5. The van der Waals surface area contributed by atoms with E-state index >= 15 is 0 Å². The van der Waals surface area contributed by atoms with Gasteiger partial charge in [-0.25, -0.2) is 0 Å². The van der Waals surface area contributed by atoms with Gasteiger partial charge in [0.2, 0.25) is 0 Å². The molecule has 1 atom stereocenters. The molecule has 0 aromatic heterocycles. The van der Waals surface area contributed by atoms with Crippen molar-refractivity contribution in [2.75, 3.05) is 26.1 Å². The van der Waals surface area contributed by atoms with Crippen LogP contribution in [0.1, 0.15) is 12.5 Å². The first-order valence-corrected chi connectivity index (χ1v) is 7.90. The van der Waals surface area contributed by atoms with E-state index < -0.39 is 10.1 Å². The van der Waals surface area contributed by atoms with Crippen LogP contribution in [0.2, 0.25) is 0 Å². The molecule has 19 heavy (non-hydrogen) atoms. The van der Waals surface area contributed by atoms with Gasteiger partial charge in [-0.1, -0.05) is 30.3 Å². The summed E-state index contributed by atoms with van der Waals surface area (Å²) in [5, 5.41) is 0. The Morgan fingerprint density at radius 1 is 1.16 bits per heavy atom. The van der Waals surface area contributed by atoms with E-state index in [2.05, 4.69) is 0 Å². The van der Waals surface area contributed by atoms with Crippen LogP contribution in [-0.2, 0) is 30.4 Å². The molecule has 108 valence electrons. The number of ether oxygens (including phenoxy) is 2. The van der Waals surface area contributed by atoms with Gasteiger partial charge in [0.25, 0.3) is 10.1 Å². The zero-order valence-corrected chi connectivity index (χ0v) is 12.1. The lowest BCUT2D eigenvalue weighted by molar-refractivity contribution is -0.0361. The molecule has 5 nitrogen and oxygen atoms in total. The van der Waals surface area contributed by atoms with Crippen LogP contribution in [0.3, 0.4) is 0 Å². The second kappa shape index (κ2) is 8.27. The van der Waals surface area contributed by atoms with Gasteiger partial charge in [-0.15, -0.1) is 0 Å². The van der Waals surface area contributed by atoms with Gasteiger partial charge in [0.15, 0.2) is 0 Å². The molecule has 0 bridgehead atoms. The average molecular weight is 288 g/mol. The Morgan fingerprint density at radius 2 is 1.84 bits per heavy atom. The molecule has 0 aliphatic heterocycles. The van der Waals surface area contributed by atoms with E-state index in [0.717, 1.165) is 11.8 Å². The van der Waals surface area contributed by atoms with Crippen LogP contribution in [0.25, 0.3) is 0 Å². The fraction of sp³-hybridized carbons (Fsp3) is 0.538. The normalized spacial score (nSPS) is 13.4. The number of benzene rings is 1. The standard InChI is InChI=1S/C13H20O5S/c1-3-17-13(11-18-19(2,14)15)10-16-9-12-7-5-4-6-8-12/h4-8,13H,3,9-11H2,1-2H3. The zero-order chi connectivity index (χ0) is 14.1. The first kappa shape index (κ1) is 16.1. The maximum Gasteiger partial charge on any atom is 0.264 e. The van der Waals surface area contributed by atoms with Gasteiger partial charge in [0, 0.05) is 6.61 Å². The number of hydrogen-bond donors (Lipinski definition) is 0. The van der Waals surface area contributed by atoms with Crippen molar-refractivity contribution in [3.8, 4) is 0 Å². The Morgan fingerprint density at radius 3 is 2.42 bits per heavy atom. The molecule has 0 N–H and O–H groups in total. The Hall–Kier alpha value is -0.950. The second-order valence-corrected chi connectivity index (χ2v) is 5.71. The van der Waals surface area contributed by atoms with Crippen molar-refractivity contribution in [2.24, 2.45) is 0 Å². The van der Waals surface area contributed by atoms with Crippen LogP contribution < -0.4 is 0 Å². The Balaban J connectivity index is 2.33. The van der Waals surface area contributed by atoms with Gasteiger partial charge in [0.1, 0.15) is 6.10 Å². The third kappa shape index (κ3) is 7.94. The first-order chi connectivity index (χ1) is 9.01. The van der Waals surface area contributed by atoms with E-state index in [1.54, 1.807) is 0 Å². The number of rotatable bonds is 9. The van der Waals surface area contributed by atoms with Crippen LogP contribution in [0.5, 0.6) is 0 Å². The fourth-order valence-corrected chi connectivity index (χ4v) is 1.86. The quantitative estimate of drug-likeness (QED) is 0.646. The minimum Gasteiger partial charge on any atom is -0.374 e. The molecular weight excluding hydrogens is 268 g/mol. The van der Waals surface area contributed by atoms with Crippen LogP contribution in [0, 0.1) is 0 Å². The van der Waals surface area contributed by atoms with Crippen molar-refractivity contribution in [3.63, 3.8) is 0 Å². The van der Waals surface area contributed by atoms with E-state index in [-0.39, 0.29) is 19.3 Å². The van der Waals surface area contributed by atoms with Crippen LogP contribution in [0.4, 0.5) is 0 Å². The molecule has 0 aliphatic rings. The minimum atomic E-state index is -3.45. The third-order valence-electron chi connectivity index (χ3n) is 2.29. The molecule has 1 aromatic rings. The molecule has 0 radical (unpaired) electrons. The molecule has 6 heteroatoms. The predicted octanol–water partition coefficient (Wildman–Crippen LogP) is 1.58. The van der Waals surface area contributed by atoms with E-state index in [0.29, 0.717) is 13.2 Å². The minimum absolute atomic E-state index is 0.0263. The van der Waals surface area contributed by atoms with Crippen molar-refractivity contribution >= 4 is 10.1 Å². The fourth-order valence-electron chi connectivity index (χ4n) is 1.46. The monoisotopic (exact) mass is 288 g/mol.